The minimum absolute atomic E-state index is 0.200. The van der Waals surface area contributed by atoms with Crippen LogP contribution in [-0.2, 0) is 0 Å². The summed E-state index contributed by atoms with van der Waals surface area (Å²) in [6.07, 6.45) is 5.44. The van der Waals surface area contributed by atoms with Crippen LogP contribution in [0.5, 0.6) is 0 Å². The van der Waals surface area contributed by atoms with Crippen LogP contribution >= 0.6 is 0 Å². The second-order valence-corrected chi connectivity index (χ2v) is 7.41. The molecule has 0 spiro atoms. The molecule has 1 amide bonds. The standard InChI is InChI=1S/C21H24N6O2/c1-14-7-9-27(10-8-14)17-5-3-16(4-6-17)24-20-13-22-18(12-23-20)21(28)25-19-11-15(2)29-26-19/h3-6,11-14H,7-10H2,1-2H3,(H,23,24)(H,25,26,28). The molecule has 2 aromatic heterocycles. The van der Waals surface area contributed by atoms with Crippen molar-refractivity contribution in [3.05, 3.63) is 54.2 Å². The van der Waals surface area contributed by atoms with E-state index >= 15 is 0 Å². The maximum absolute atomic E-state index is 12.2. The molecule has 1 aliphatic heterocycles. The van der Waals surface area contributed by atoms with Gasteiger partial charge in [-0.15, -0.1) is 0 Å². The molecular weight excluding hydrogens is 368 g/mol. The molecule has 0 unspecified atom stereocenters. The number of rotatable bonds is 5. The molecule has 150 valence electrons. The summed E-state index contributed by atoms with van der Waals surface area (Å²) in [4.78, 5) is 23.1. The summed E-state index contributed by atoms with van der Waals surface area (Å²) < 4.78 is 4.92. The zero-order valence-corrected chi connectivity index (χ0v) is 16.6. The van der Waals surface area contributed by atoms with Gasteiger partial charge in [0, 0.05) is 30.5 Å². The number of carbonyl (C=O) groups excluding carboxylic acids is 1. The summed E-state index contributed by atoms with van der Waals surface area (Å²) >= 11 is 0. The van der Waals surface area contributed by atoms with E-state index in [9.17, 15) is 4.79 Å². The number of carbonyl (C=O) groups is 1. The van der Waals surface area contributed by atoms with E-state index in [1.165, 1.54) is 30.9 Å². The number of nitrogens with one attached hydrogen (secondary N) is 2. The van der Waals surface area contributed by atoms with Gasteiger partial charge in [-0.25, -0.2) is 9.97 Å². The highest BCUT2D eigenvalue weighted by molar-refractivity contribution is 6.02. The Morgan fingerprint density at radius 1 is 1.10 bits per heavy atom. The number of benzene rings is 1. The van der Waals surface area contributed by atoms with E-state index in [2.05, 4.69) is 49.7 Å². The SMILES string of the molecule is Cc1cc(NC(=O)c2cnc(Nc3ccc(N4CCC(C)CC4)cc3)cn2)no1. The van der Waals surface area contributed by atoms with E-state index < -0.39 is 5.91 Å². The predicted molar refractivity (Wildman–Crippen MR) is 112 cm³/mol. The van der Waals surface area contributed by atoms with Crippen LogP contribution < -0.4 is 15.5 Å². The average Bonchev–Trinajstić information content (AvgIpc) is 3.14. The highest BCUT2D eigenvalue weighted by Gasteiger charge is 2.16. The van der Waals surface area contributed by atoms with Crippen molar-refractivity contribution in [3.8, 4) is 0 Å². The average molecular weight is 392 g/mol. The number of hydrogen-bond acceptors (Lipinski definition) is 7. The van der Waals surface area contributed by atoms with Gasteiger partial charge in [0.15, 0.2) is 5.82 Å². The predicted octanol–water partition coefficient (Wildman–Crippen LogP) is 4.01. The molecule has 4 rings (SSSR count). The number of aryl methyl sites for hydroxylation is 1. The molecule has 0 radical (unpaired) electrons. The van der Waals surface area contributed by atoms with Crippen LogP contribution in [0.3, 0.4) is 0 Å². The largest absolute Gasteiger partial charge is 0.372 e. The maximum Gasteiger partial charge on any atom is 0.277 e. The van der Waals surface area contributed by atoms with Crippen LogP contribution in [0.2, 0.25) is 0 Å². The lowest BCUT2D eigenvalue weighted by atomic mass is 9.99. The summed E-state index contributed by atoms with van der Waals surface area (Å²) in [6, 6.07) is 9.93. The zero-order valence-electron chi connectivity index (χ0n) is 16.6. The Hall–Kier alpha value is -3.42. The van der Waals surface area contributed by atoms with Crippen LogP contribution in [0, 0.1) is 12.8 Å². The lowest BCUT2D eigenvalue weighted by Crippen LogP contribution is -2.32. The molecule has 3 heterocycles. The number of nitrogens with zero attached hydrogens (tertiary/aromatic N) is 4. The van der Waals surface area contributed by atoms with Crippen molar-refractivity contribution in [2.75, 3.05) is 28.6 Å². The van der Waals surface area contributed by atoms with E-state index in [1.807, 2.05) is 12.1 Å². The highest BCUT2D eigenvalue weighted by atomic mass is 16.5. The molecular formula is C21H24N6O2. The van der Waals surface area contributed by atoms with Gasteiger partial charge in [-0.1, -0.05) is 12.1 Å². The maximum atomic E-state index is 12.2. The van der Waals surface area contributed by atoms with Gasteiger partial charge in [0.1, 0.15) is 17.3 Å². The van der Waals surface area contributed by atoms with Gasteiger partial charge in [-0.3, -0.25) is 4.79 Å². The molecule has 2 N–H and O–H groups in total. The fourth-order valence-corrected chi connectivity index (χ4v) is 3.29. The van der Waals surface area contributed by atoms with Gasteiger partial charge in [0.25, 0.3) is 5.91 Å². The Labute approximate surface area is 169 Å². The zero-order chi connectivity index (χ0) is 20.2. The smallest absolute Gasteiger partial charge is 0.277 e. The first kappa shape index (κ1) is 18.9. The van der Waals surface area contributed by atoms with Crippen molar-refractivity contribution >= 4 is 28.9 Å². The van der Waals surface area contributed by atoms with Crippen LogP contribution in [0.1, 0.15) is 36.0 Å². The van der Waals surface area contributed by atoms with Gasteiger partial charge in [0.05, 0.1) is 12.4 Å². The second-order valence-electron chi connectivity index (χ2n) is 7.41. The van der Waals surface area contributed by atoms with E-state index in [4.69, 9.17) is 4.52 Å². The fraction of sp³-hybridized carbons (Fsp3) is 0.333. The summed E-state index contributed by atoms with van der Waals surface area (Å²) in [7, 11) is 0. The Kier molecular flexibility index (Phi) is 5.41. The third-order valence-corrected chi connectivity index (χ3v) is 5.04. The minimum Gasteiger partial charge on any atom is -0.372 e. The van der Waals surface area contributed by atoms with E-state index in [-0.39, 0.29) is 5.69 Å². The normalized spacial score (nSPS) is 14.6. The number of hydrogen-bond donors (Lipinski definition) is 2. The topological polar surface area (TPSA) is 96.2 Å². The summed E-state index contributed by atoms with van der Waals surface area (Å²) in [5.74, 6) is 1.96. The third kappa shape index (κ3) is 4.71. The van der Waals surface area contributed by atoms with E-state index in [0.717, 1.165) is 24.7 Å². The Bertz CT molecular complexity index is 960. The van der Waals surface area contributed by atoms with Gasteiger partial charge in [-0.2, -0.15) is 0 Å². The number of amides is 1. The van der Waals surface area contributed by atoms with Crippen molar-refractivity contribution in [2.45, 2.75) is 26.7 Å². The lowest BCUT2D eigenvalue weighted by molar-refractivity contribution is 0.102. The first-order valence-electron chi connectivity index (χ1n) is 9.75. The molecule has 29 heavy (non-hydrogen) atoms. The first-order chi connectivity index (χ1) is 14.1. The van der Waals surface area contributed by atoms with Crippen molar-refractivity contribution in [2.24, 2.45) is 5.92 Å². The van der Waals surface area contributed by atoms with Crippen molar-refractivity contribution in [1.29, 1.82) is 0 Å². The van der Waals surface area contributed by atoms with Gasteiger partial charge in [-0.05, 0) is 49.9 Å². The first-order valence-corrected chi connectivity index (χ1v) is 9.75. The number of aromatic nitrogens is 3. The molecule has 0 saturated carbocycles. The Morgan fingerprint density at radius 2 is 1.86 bits per heavy atom. The van der Waals surface area contributed by atoms with Crippen LogP contribution in [-0.4, -0.2) is 34.1 Å². The van der Waals surface area contributed by atoms with Gasteiger partial charge >= 0.3 is 0 Å². The lowest BCUT2D eigenvalue weighted by Gasteiger charge is -2.32. The summed E-state index contributed by atoms with van der Waals surface area (Å²) in [5, 5.41) is 9.55. The molecule has 8 nitrogen and oxygen atoms in total. The molecule has 3 aromatic rings. The number of anilines is 4. The summed E-state index contributed by atoms with van der Waals surface area (Å²) in [6.45, 7) is 6.28. The number of piperidine rings is 1. The van der Waals surface area contributed by atoms with Gasteiger partial charge in [0.2, 0.25) is 0 Å². The molecule has 1 saturated heterocycles. The van der Waals surface area contributed by atoms with Crippen LogP contribution in [0.4, 0.5) is 23.0 Å². The molecule has 0 aliphatic carbocycles. The molecule has 1 fully saturated rings. The summed E-state index contributed by atoms with van der Waals surface area (Å²) in [5.41, 5.74) is 2.36. The van der Waals surface area contributed by atoms with Crippen molar-refractivity contribution < 1.29 is 9.32 Å². The van der Waals surface area contributed by atoms with Crippen molar-refractivity contribution in [1.82, 2.24) is 15.1 Å². The minimum atomic E-state index is -0.391. The quantitative estimate of drug-likeness (QED) is 0.677. The molecule has 0 atom stereocenters. The molecule has 0 bridgehead atoms. The molecule has 1 aliphatic rings. The third-order valence-electron chi connectivity index (χ3n) is 5.04. The van der Waals surface area contributed by atoms with Crippen molar-refractivity contribution in [3.63, 3.8) is 0 Å². The highest BCUT2D eigenvalue weighted by Crippen LogP contribution is 2.25. The monoisotopic (exact) mass is 392 g/mol. The Morgan fingerprint density at radius 3 is 2.48 bits per heavy atom. The van der Waals surface area contributed by atoms with E-state index in [1.54, 1.807) is 13.0 Å². The van der Waals surface area contributed by atoms with Crippen LogP contribution in [0.25, 0.3) is 0 Å². The van der Waals surface area contributed by atoms with Crippen LogP contribution in [0.15, 0.2) is 47.2 Å². The second kappa shape index (κ2) is 8.30. The Balaban J connectivity index is 1.35. The van der Waals surface area contributed by atoms with E-state index in [0.29, 0.717) is 17.4 Å². The molecule has 1 aromatic carbocycles. The van der Waals surface area contributed by atoms with Gasteiger partial charge < -0.3 is 20.1 Å². The fourth-order valence-electron chi connectivity index (χ4n) is 3.29. The molecule has 8 heteroatoms.